The normalized spacial score (nSPS) is 20.0. The molecular formula is C18H18Cl2N2O. The third kappa shape index (κ3) is 2.63. The molecule has 23 heavy (non-hydrogen) atoms. The number of carbonyl (C=O) groups is 1. The monoisotopic (exact) mass is 348 g/mol. The van der Waals surface area contributed by atoms with Crippen molar-refractivity contribution < 1.29 is 4.79 Å². The maximum atomic E-state index is 12.5. The second kappa shape index (κ2) is 6.16. The minimum Gasteiger partial charge on any atom is -0.314 e. The average molecular weight is 349 g/mol. The van der Waals surface area contributed by atoms with E-state index in [9.17, 15) is 4.79 Å². The van der Waals surface area contributed by atoms with E-state index in [1.165, 1.54) is 11.1 Å². The van der Waals surface area contributed by atoms with Gasteiger partial charge >= 0.3 is 0 Å². The smallest absolute Gasteiger partial charge is 0.240 e. The van der Waals surface area contributed by atoms with Crippen molar-refractivity contribution in [1.82, 2.24) is 4.90 Å². The highest BCUT2D eigenvalue weighted by Crippen LogP contribution is 2.41. The first-order valence-corrected chi connectivity index (χ1v) is 7.91. The van der Waals surface area contributed by atoms with Crippen LogP contribution in [0.25, 0.3) is 0 Å². The zero-order valence-corrected chi connectivity index (χ0v) is 14.4. The van der Waals surface area contributed by atoms with Crippen LogP contribution in [0.1, 0.15) is 22.7 Å². The van der Waals surface area contributed by atoms with E-state index in [1.54, 1.807) is 4.90 Å². The highest BCUT2D eigenvalue weighted by atomic mass is 35.5. The van der Waals surface area contributed by atoms with Gasteiger partial charge < -0.3 is 4.90 Å². The fourth-order valence-corrected chi connectivity index (χ4v) is 3.80. The van der Waals surface area contributed by atoms with Crippen LogP contribution in [-0.2, 0) is 11.2 Å². The van der Waals surface area contributed by atoms with E-state index in [4.69, 9.17) is 11.6 Å². The first kappa shape index (κ1) is 16.3. The second-order valence-electron chi connectivity index (χ2n) is 5.98. The molecule has 5 heteroatoms. The Bertz CT molecular complexity index is 762. The molecule has 1 amide bonds. The standard InChI is InChI=1S/C18H17ClN2O.ClH/c1-20-16-7-6-13(19)10-15(16)18-14-5-3-2-4-12(14)8-9-21(18)11-17(20)22;/h2-7,10,18H,8-9,11H2,1H3;1H. The van der Waals surface area contributed by atoms with Gasteiger partial charge in [0.1, 0.15) is 0 Å². The Morgan fingerprint density at radius 3 is 2.74 bits per heavy atom. The van der Waals surface area contributed by atoms with Gasteiger partial charge in [-0.3, -0.25) is 9.69 Å². The van der Waals surface area contributed by atoms with Gasteiger partial charge in [-0.2, -0.15) is 0 Å². The molecule has 1 unspecified atom stereocenters. The molecule has 2 aromatic carbocycles. The van der Waals surface area contributed by atoms with E-state index in [0.29, 0.717) is 11.6 Å². The Hall–Kier alpha value is -1.55. The number of halogens is 2. The number of nitrogens with zero attached hydrogens (tertiary/aromatic N) is 2. The molecule has 0 saturated heterocycles. The van der Waals surface area contributed by atoms with Gasteiger partial charge in [0.05, 0.1) is 12.6 Å². The van der Waals surface area contributed by atoms with E-state index >= 15 is 0 Å². The number of fused-ring (bicyclic) bond motifs is 5. The summed E-state index contributed by atoms with van der Waals surface area (Å²) in [6, 6.07) is 14.4. The number of rotatable bonds is 0. The van der Waals surface area contributed by atoms with E-state index in [0.717, 1.165) is 24.2 Å². The summed E-state index contributed by atoms with van der Waals surface area (Å²) in [5.74, 6) is 0.130. The minimum atomic E-state index is 0. The zero-order chi connectivity index (χ0) is 15.3. The Balaban J connectivity index is 0.00000156. The molecule has 0 aliphatic carbocycles. The minimum absolute atomic E-state index is 0. The highest BCUT2D eigenvalue weighted by Gasteiger charge is 2.35. The lowest BCUT2D eigenvalue weighted by atomic mass is 9.88. The fraction of sp³-hybridized carbons (Fsp3) is 0.278. The molecule has 0 fully saturated rings. The van der Waals surface area contributed by atoms with Crippen LogP contribution in [0.4, 0.5) is 5.69 Å². The van der Waals surface area contributed by atoms with Gasteiger partial charge in [0.2, 0.25) is 5.91 Å². The van der Waals surface area contributed by atoms with Crippen molar-refractivity contribution in [2.45, 2.75) is 12.5 Å². The number of hydrogen-bond donors (Lipinski definition) is 0. The Labute approximate surface area is 147 Å². The molecule has 4 rings (SSSR count). The van der Waals surface area contributed by atoms with Gasteiger partial charge in [-0.05, 0) is 41.3 Å². The van der Waals surface area contributed by atoms with Gasteiger partial charge in [0.25, 0.3) is 0 Å². The van der Waals surface area contributed by atoms with Crippen molar-refractivity contribution >= 4 is 35.6 Å². The number of anilines is 1. The maximum absolute atomic E-state index is 12.5. The van der Waals surface area contributed by atoms with Gasteiger partial charge in [-0.15, -0.1) is 12.4 Å². The summed E-state index contributed by atoms with van der Waals surface area (Å²) >= 11 is 6.25. The van der Waals surface area contributed by atoms with Gasteiger partial charge in [0, 0.05) is 24.3 Å². The van der Waals surface area contributed by atoms with Crippen LogP contribution in [0, 0.1) is 0 Å². The third-order valence-electron chi connectivity index (χ3n) is 4.74. The number of likely N-dealkylation sites (N-methyl/N-ethyl adjacent to an activating group) is 1. The molecule has 3 nitrogen and oxygen atoms in total. The van der Waals surface area contributed by atoms with Crippen molar-refractivity contribution in [3.05, 3.63) is 64.2 Å². The van der Waals surface area contributed by atoms with Gasteiger partial charge in [-0.25, -0.2) is 0 Å². The molecule has 0 radical (unpaired) electrons. The largest absolute Gasteiger partial charge is 0.314 e. The van der Waals surface area contributed by atoms with Crippen molar-refractivity contribution in [2.24, 2.45) is 0 Å². The molecule has 0 aromatic heterocycles. The summed E-state index contributed by atoms with van der Waals surface area (Å²) in [5, 5.41) is 0.713. The van der Waals surface area contributed by atoms with E-state index in [2.05, 4.69) is 29.2 Å². The van der Waals surface area contributed by atoms with Crippen LogP contribution in [0.2, 0.25) is 5.02 Å². The predicted octanol–water partition coefficient (Wildman–Crippen LogP) is 3.69. The second-order valence-corrected chi connectivity index (χ2v) is 6.41. The molecule has 1 atom stereocenters. The highest BCUT2D eigenvalue weighted by molar-refractivity contribution is 6.30. The maximum Gasteiger partial charge on any atom is 0.240 e. The summed E-state index contributed by atoms with van der Waals surface area (Å²) in [7, 11) is 1.85. The predicted molar refractivity (Wildman–Crippen MR) is 95.7 cm³/mol. The van der Waals surface area contributed by atoms with Gasteiger partial charge in [0.15, 0.2) is 0 Å². The van der Waals surface area contributed by atoms with Crippen molar-refractivity contribution in [2.75, 3.05) is 25.0 Å². The van der Waals surface area contributed by atoms with Crippen LogP contribution >= 0.6 is 24.0 Å². The lowest BCUT2D eigenvalue weighted by Gasteiger charge is -2.36. The van der Waals surface area contributed by atoms with Crippen LogP contribution in [0.15, 0.2) is 42.5 Å². The van der Waals surface area contributed by atoms with Crippen LogP contribution < -0.4 is 4.90 Å². The summed E-state index contributed by atoms with van der Waals surface area (Å²) in [6.45, 7) is 1.34. The van der Waals surface area contributed by atoms with Crippen molar-refractivity contribution in [3.63, 3.8) is 0 Å². The molecular weight excluding hydrogens is 331 g/mol. The molecule has 2 aliphatic rings. The molecule has 2 aromatic rings. The third-order valence-corrected chi connectivity index (χ3v) is 4.98. The molecule has 120 valence electrons. The molecule has 2 heterocycles. The van der Waals surface area contributed by atoms with Crippen LogP contribution in [0.5, 0.6) is 0 Å². The Morgan fingerprint density at radius 1 is 1.13 bits per heavy atom. The number of carbonyl (C=O) groups excluding carboxylic acids is 1. The topological polar surface area (TPSA) is 23.6 Å². The number of hydrogen-bond acceptors (Lipinski definition) is 2. The van der Waals surface area contributed by atoms with Crippen molar-refractivity contribution in [1.29, 1.82) is 0 Å². The quantitative estimate of drug-likeness (QED) is 0.724. The molecule has 0 N–H and O–H groups in total. The van der Waals surface area contributed by atoms with E-state index < -0.39 is 0 Å². The van der Waals surface area contributed by atoms with Gasteiger partial charge in [-0.1, -0.05) is 35.9 Å². The fourth-order valence-electron chi connectivity index (χ4n) is 3.62. The molecule has 0 spiro atoms. The Morgan fingerprint density at radius 2 is 1.91 bits per heavy atom. The average Bonchev–Trinajstić information content (AvgIpc) is 2.63. The summed E-state index contributed by atoms with van der Waals surface area (Å²) in [5.41, 5.74) is 4.73. The lowest BCUT2D eigenvalue weighted by molar-refractivity contribution is -0.119. The zero-order valence-electron chi connectivity index (χ0n) is 12.8. The molecule has 2 aliphatic heterocycles. The summed E-state index contributed by atoms with van der Waals surface area (Å²) < 4.78 is 0. The van der Waals surface area contributed by atoms with E-state index in [-0.39, 0.29) is 24.4 Å². The lowest BCUT2D eigenvalue weighted by Crippen LogP contribution is -2.40. The SMILES string of the molecule is CN1C(=O)CN2CCc3ccccc3C2c2cc(Cl)ccc21.Cl. The molecule has 0 bridgehead atoms. The molecule has 0 saturated carbocycles. The van der Waals surface area contributed by atoms with Crippen molar-refractivity contribution in [3.8, 4) is 0 Å². The van der Waals surface area contributed by atoms with Crippen LogP contribution in [0.3, 0.4) is 0 Å². The first-order chi connectivity index (χ1) is 10.6. The first-order valence-electron chi connectivity index (χ1n) is 7.53. The summed E-state index contributed by atoms with van der Waals surface area (Å²) in [6.07, 6.45) is 0.986. The van der Waals surface area contributed by atoms with E-state index in [1.807, 2.05) is 25.2 Å². The number of benzene rings is 2. The van der Waals surface area contributed by atoms with Crippen LogP contribution in [-0.4, -0.2) is 30.9 Å². The Kier molecular flexibility index (Phi) is 4.37. The summed E-state index contributed by atoms with van der Waals surface area (Å²) in [4.78, 5) is 16.5. The number of amides is 1.